The van der Waals surface area contributed by atoms with E-state index in [4.69, 9.17) is 4.74 Å². The summed E-state index contributed by atoms with van der Waals surface area (Å²) in [6.45, 7) is 14.2. The summed E-state index contributed by atoms with van der Waals surface area (Å²) >= 11 is 0. The third kappa shape index (κ3) is 6.41. The number of fused-ring (bicyclic) bond motifs is 1. The molecule has 3 aliphatic heterocycles. The van der Waals surface area contributed by atoms with Crippen molar-refractivity contribution in [1.29, 1.82) is 0 Å². The standard InChI is InChI=1S/C33H42N6O3/c1-22(2)15-24(16-25-19-37(5)20-33(25,3)4)31(40)29-18-30(35-21-34-29)38-12-10-26(11-13-38)39-14-9-23-17-27(42-6)7-8-28(23)36-32(39)41/h7-8,15-18,21,26H,1,9-14,19-20H2,2-6H3,(H,36,41)/b24-15+,25-16+. The van der Waals surface area contributed by atoms with E-state index in [0.717, 1.165) is 73.8 Å². The number of Topliss-reactive ketones (excluding diaryl/α,β-unsaturated/α-hetero) is 1. The van der Waals surface area contributed by atoms with E-state index in [-0.39, 0.29) is 23.3 Å². The minimum Gasteiger partial charge on any atom is -0.497 e. The molecule has 1 N–H and O–H groups in total. The Hall–Kier alpha value is -3.98. The lowest BCUT2D eigenvalue weighted by molar-refractivity contribution is 0.103. The second-order valence-corrected chi connectivity index (χ2v) is 12.4. The molecule has 2 amide bonds. The van der Waals surface area contributed by atoms with E-state index in [2.05, 4.69) is 52.6 Å². The molecular weight excluding hydrogens is 528 g/mol. The van der Waals surface area contributed by atoms with Crippen LogP contribution >= 0.6 is 0 Å². The number of hydrogen-bond donors (Lipinski definition) is 1. The van der Waals surface area contributed by atoms with E-state index in [9.17, 15) is 9.59 Å². The number of likely N-dealkylation sites (tertiary alicyclic amines) is 1. The van der Waals surface area contributed by atoms with Crippen LogP contribution in [0.3, 0.4) is 0 Å². The number of hydrogen-bond acceptors (Lipinski definition) is 7. The van der Waals surface area contributed by atoms with Gasteiger partial charge < -0.3 is 24.8 Å². The molecule has 1 aromatic heterocycles. The number of carbonyl (C=O) groups is 2. The second-order valence-electron chi connectivity index (χ2n) is 12.4. The predicted molar refractivity (Wildman–Crippen MR) is 166 cm³/mol. The van der Waals surface area contributed by atoms with Crippen LogP contribution in [-0.2, 0) is 6.42 Å². The van der Waals surface area contributed by atoms with Crippen LogP contribution in [0.2, 0.25) is 0 Å². The maximum atomic E-state index is 13.7. The zero-order chi connectivity index (χ0) is 30.0. The Bertz CT molecular complexity index is 1440. The highest BCUT2D eigenvalue weighted by Gasteiger charge is 2.33. The molecule has 0 atom stereocenters. The fourth-order valence-corrected chi connectivity index (χ4v) is 6.31. The van der Waals surface area contributed by atoms with E-state index in [1.807, 2.05) is 42.2 Å². The molecule has 9 nitrogen and oxygen atoms in total. The van der Waals surface area contributed by atoms with Gasteiger partial charge in [-0.25, -0.2) is 14.8 Å². The Morgan fingerprint density at radius 1 is 1.17 bits per heavy atom. The van der Waals surface area contributed by atoms with Gasteiger partial charge in [0.2, 0.25) is 5.78 Å². The van der Waals surface area contributed by atoms with Gasteiger partial charge in [-0.3, -0.25) is 4.79 Å². The smallest absolute Gasteiger partial charge is 0.322 e. The lowest BCUT2D eigenvalue weighted by Crippen LogP contribution is -2.49. The van der Waals surface area contributed by atoms with Gasteiger partial charge in [0, 0.05) is 56.1 Å². The van der Waals surface area contributed by atoms with Crippen LogP contribution in [0.5, 0.6) is 5.75 Å². The van der Waals surface area contributed by atoms with Crippen molar-refractivity contribution in [3.63, 3.8) is 0 Å². The molecule has 0 saturated carbocycles. The zero-order valence-corrected chi connectivity index (χ0v) is 25.4. The van der Waals surface area contributed by atoms with E-state index < -0.39 is 0 Å². The highest BCUT2D eigenvalue weighted by Crippen LogP contribution is 2.35. The van der Waals surface area contributed by atoms with E-state index in [0.29, 0.717) is 17.8 Å². The maximum Gasteiger partial charge on any atom is 0.322 e. The van der Waals surface area contributed by atoms with Gasteiger partial charge in [-0.2, -0.15) is 0 Å². The number of piperidine rings is 1. The normalized spacial score (nSPS) is 20.7. The Kier molecular flexibility index (Phi) is 8.50. The van der Waals surface area contributed by atoms with Crippen molar-refractivity contribution < 1.29 is 14.3 Å². The number of ketones is 1. The molecule has 9 heteroatoms. The Balaban J connectivity index is 1.27. The number of rotatable bonds is 7. The highest BCUT2D eigenvalue weighted by molar-refractivity contribution is 6.10. The molecule has 3 aliphatic rings. The van der Waals surface area contributed by atoms with Crippen LogP contribution in [-0.4, -0.2) is 84.5 Å². The molecule has 0 unspecified atom stereocenters. The van der Waals surface area contributed by atoms with Gasteiger partial charge in [-0.05, 0) is 80.1 Å². The molecule has 0 bridgehead atoms. The van der Waals surface area contributed by atoms with E-state index in [1.54, 1.807) is 13.2 Å². The first-order chi connectivity index (χ1) is 20.0. The first-order valence-corrected chi connectivity index (χ1v) is 14.7. The predicted octanol–water partition coefficient (Wildman–Crippen LogP) is 5.13. The number of likely N-dealkylation sites (N-methyl/N-ethyl adjacent to an activating group) is 1. The molecule has 222 valence electrons. The Labute approximate surface area is 249 Å². The zero-order valence-electron chi connectivity index (χ0n) is 25.4. The summed E-state index contributed by atoms with van der Waals surface area (Å²) in [4.78, 5) is 42.1. The van der Waals surface area contributed by atoms with Crippen LogP contribution < -0.4 is 15.0 Å². The monoisotopic (exact) mass is 570 g/mol. The van der Waals surface area contributed by atoms with Gasteiger partial charge in [0.1, 0.15) is 23.6 Å². The van der Waals surface area contributed by atoms with Crippen LogP contribution in [0.1, 0.15) is 49.7 Å². The summed E-state index contributed by atoms with van der Waals surface area (Å²) in [5.74, 6) is 1.39. The van der Waals surface area contributed by atoms with E-state index in [1.165, 1.54) is 11.9 Å². The first-order valence-electron chi connectivity index (χ1n) is 14.7. The summed E-state index contributed by atoms with van der Waals surface area (Å²) < 4.78 is 5.36. The van der Waals surface area contributed by atoms with Gasteiger partial charge in [-0.1, -0.05) is 26.0 Å². The third-order valence-corrected chi connectivity index (χ3v) is 8.52. The van der Waals surface area contributed by atoms with Crippen molar-refractivity contribution in [2.75, 3.05) is 57.1 Å². The number of carbonyl (C=O) groups excluding carboxylic acids is 2. The van der Waals surface area contributed by atoms with Crippen molar-refractivity contribution >= 4 is 23.3 Å². The van der Waals surface area contributed by atoms with E-state index >= 15 is 0 Å². The number of methoxy groups -OCH3 is 1. The lowest BCUT2D eigenvalue weighted by Gasteiger charge is -2.38. The fraction of sp³-hybridized carbons (Fsp3) is 0.455. The molecule has 4 heterocycles. The molecule has 0 spiro atoms. The number of ether oxygens (including phenoxy) is 1. The van der Waals surface area contributed by atoms with Crippen molar-refractivity contribution in [2.24, 2.45) is 5.41 Å². The topological polar surface area (TPSA) is 90.9 Å². The Morgan fingerprint density at radius 2 is 1.93 bits per heavy atom. The number of anilines is 2. The molecule has 2 fully saturated rings. The van der Waals surface area contributed by atoms with Crippen molar-refractivity contribution in [2.45, 2.75) is 46.1 Å². The molecule has 2 saturated heterocycles. The summed E-state index contributed by atoms with van der Waals surface area (Å²) in [7, 11) is 3.75. The average Bonchev–Trinajstić information content (AvgIpc) is 3.11. The SMILES string of the molecule is C=C(C)/C=C(\C=C1/CN(C)CC1(C)C)C(=O)c1cc(N2CCC(N3CCc4cc(OC)ccc4NC3=O)CC2)ncn1. The molecule has 0 aliphatic carbocycles. The van der Waals surface area contributed by atoms with Crippen LogP contribution in [0.15, 0.2) is 66.0 Å². The average molecular weight is 571 g/mol. The maximum absolute atomic E-state index is 13.7. The Morgan fingerprint density at radius 3 is 2.60 bits per heavy atom. The molecule has 1 aromatic carbocycles. The number of nitrogens with zero attached hydrogens (tertiary/aromatic N) is 5. The molecule has 2 aromatic rings. The molecule has 0 radical (unpaired) electrons. The fourth-order valence-electron chi connectivity index (χ4n) is 6.31. The van der Waals surface area contributed by atoms with Gasteiger partial charge >= 0.3 is 6.03 Å². The number of allylic oxidation sites excluding steroid dienone is 4. The van der Waals surface area contributed by atoms with Crippen molar-refractivity contribution in [3.8, 4) is 5.75 Å². The molecule has 5 rings (SSSR count). The summed E-state index contributed by atoms with van der Waals surface area (Å²) in [6.07, 6.45) is 7.74. The van der Waals surface area contributed by atoms with Crippen molar-refractivity contribution in [1.82, 2.24) is 19.8 Å². The van der Waals surface area contributed by atoms with Gasteiger partial charge in [0.15, 0.2) is 0 Å². The third-order valence-electron chi connectivity index (χ3n) is 8.52. The van der Waals surface area contributed by atoms with Crippen LogP contribution in [0.4, 0.5) is 16.3 Å². The number of aromatic nitrogens is 2. The first kappa shape index (κ1) is 29.5. The van der Waals surface area contributed by atoms with Crippen LogP contribution in [0, 0.1) is 5.41 Å². The summed E-state index contributed by atoms with van der Waals surface area (Å²) in [5.41, 5.74) is 4.92. The number of urea groups is 1. The quantitative estimate of drug-likeness (QED) is 0.280. The van der Waals surface area contributed by atoms with Crippen molar-refractivity contribution in [3.05, 3.63) is 77.3 Å². The number of benzene rings is 1. The lowest BCUT2D eigenvalue weighted by atomic mass is 9.85. The number of amides is 2. The molecular formula is C33H42N6O3. The largest absolute Gasteiger partial charge is 0.497 e. The second kappa shape index (κ2) is 12.1. The summed E-state index contributed by atoms with van der Waals surface area (Å²) in [5, 5.41) is 3.08. The minimum absolute atomic E-state index is 0.00963. The van der Waals surface area contributed by atoms with Gasteiger partial charge in [0.05, 0.1) is 7.11 Å². The summed E-state index contributed by atoms with van der Waals surface area (Å²) in [6, 6.07) is 7.64. The highest BCUT2D eigenvalue weighted by atomic mass is 16.5. The minimum atomic E-state index is -0.133. The van der Waals surface area contributed by atoms with Gasteiger partial charge in [-0.15, -0.1) is 0 Å². The van der Waals surface area contributed by atoms with Crippen LogP contribution in [0.25, 0.3) is 0 Å². The van der Waals surface area contributed by atoms with Gasteiger partial charge in [0.25, 0.3) is 0 Å². The molecule has 42 heavy (non-hydrogen) atoms. The number of nitrogens with one attached hydrogen (secondary N) is 1.